The molecule has 7 heteroatoms. The molecule has 2 rings (SSSR count). The van der Waals surface area contributed by atoms with Gasteiger partial charge in [0.15, 0.2) is 11.5 Å². The summed E-state index contributed by atoms with van der Waals surface area (Å²) in [5, 5.41) is 10.2. The molecule has 6 nitrogen and oxygen atoms in total. The van der Waals surface area contributed by atoms with E-state index in [9.17, 15) is 14.1 Å². The molecule has 1 aromatic carbocycles. The summed E-state index contributed by atoms with van der Waals surface area (Å²) >= 11 is 0. The lowest BCUT2D eigenvalue weighted by molar-refractivity contribution is -0.194. The van der Waals surface area contributed by atoms with Crippen molar-refractivity contribution in [3.8, 4) is 0 Å². The zero-order valence-corrected chi connectivity index (χ0v) is 25.9. The summed E-state index contributed by atoms with van der Waals surface area (Å²) < 4.78 is 31.4. The lowest BCUT2D eigenvalue weighted by Gasteiger charge is -2.31. The van der Waals surface area contributed by atoms with Crippen molar-refractivity contribution in [2.75, 3.05) is 6.61 Å². The van der Waals surface area contributed by atoms with Gasteiger partial charge in [0.2, 0.25) is 0 Å². The summed E-state index contributed by atoms with van der Waals surface area (Å²) in [4.78, 5) is 13.7. The van der Waals surface area contributed by atoms with Crippen LogP contribution in [0.5, 0.6) is 0 Å². The second-order valence-corrected chi connectivity index (χ2v) is 13.6. The van der Waals surface area contributed by atoms with Crippen LogP contribution in [0.25, 0.3) is 0 Å². The van der Waals surface area contributed by atoms with Gasteiger partial charge in [-0.1, -0.05) is 82.4 Å². The van der Waals surface area contributed by atoms with E-state index in [0.717, 1.165) is 44.1 Å². The summed E-state index contributed by atoms with van der Waals surface area (Å²) in [5.74, 6) is -0.648. The fraction of sp³-hybridized carbons (Fsp3) is 0.781. The molecule has 1 saturated heterocycles. The Morgan fingerprint density at radius 2 is 1.64 bits per heavy atom. The number of unbranched alkanes of at least 4 members (excludes halogenated alkanes) is 8. The first-order valence-electron chi connectivity index (χ1n) is 15.3. The van der Waals surface area contributed by atoms with Gasteiger partial charge < -0.3 is 19.3 Å². The van der Waals surface area contributed by atoms with E-state index >= 15 is 0 Å². The average Bonchev–Trinajstić information content (AvgIpc) is 2.87. The first kappa shape index (κ1) is 33.9. The molecular weight excluding hydrogens is 512 g/mol. The van der Waals surface area contributed by atoms with E-state index in [1.807, 2.05) is 19.1 Å². The molecule has 0 aliphatic carbocycles. The van der Waals surface area contributed by atoms with Crippen LogP contribution in [0.4, 0.5) is 0 Å². The highest BCUT2D eigenvalue weighted by molar-refractivity contribution is 7.86. The smallest absolute Gasteiger partial charge is 0.325 e. The zero-order valence-electron chi connectivity index (χ0n) is 25.1. The van der Waals surface area contributed by atoms with Crippen molar-refractivity contribution in [3.05, 3.63) is 29.8 Å². The third-order valence-corrected chi connectivity index (χ3v) is 8.79. The van der Waals surface area contributed by atoms with Gasteiger partial charge >= 0.3 is 5.97 Å². The highest BCUT2D eigenvalue weighted by Crippen LogP contribution is 2.26. The van der Waals surface area contributed by atoms with E-state index in [1.54, 1.807) is 32.9 Å². The van der Waals surface area contributed by atoms with Crippen LogP contribution < -0.4 is 0 Å². The summed E-state index contributed by atoms with van der Waals surface area (Å²) in [6.45, 7) is 10.2. The molecule has 224 valence electrons. The predicted octanol–water partition coefficient (Wildman–Crippen LogP) is 7.40. The lowest BCUT2D eigenvalue weighted by atomic mass is 10.0. The van der Waals surface area contributed by atoms with Gasteiger partial charge in [0.05, 0.1) is 23.0 Å². The van der Waals surface area contributed by atoms with Crippen molar-refractivity contribution < 1.29 is 28.3 Å². The molecule has 4 unspecified atom stereocenters. The quantitative estimate of drug-likeness (QED) is 0.147. The first-order valence-corrected chi connectivity index (χ1v) is 16.5. The van der Waals surface area contributed by atoms with Crippen molar-refractivity contribution in [2.24, 2.45) is 0 Å². The predicted molar refractivity (Wildman–Crippen MR) is 158 cm³/mol. The van der Waals surface area contributed by atoms with Crippen molar-refractivity contribution in [1.82, 2.24) is 0 Å². The molecule has 1 aliphatic heterocycles. The van der Waals surface area contributed by atoms with E-state index in [2.05, 4.69) is 6.92 Å². The Bertz CT molecular complexity index is 828. The normalized spacial score (nSPS) is 19.3. The third-order valence-electron chi connectivity index (χ3n) is 7.09. The van der Waals surface area contributed by atoms with Crippen LogP contribution in [0.1, 0.15) is 123 Å². The van der Waals surface area contributed by atoms with Gasteiger partial charge in [0, 0.05) is 17.9 Å². The zero-order chi connectivity index (χ0) is 28.7. The Balaban J connectivity index is 2.06. The maximum absolute atomic E-state index is 13.6. The van der Waals surface area contributed by atoms with Gasteiger partial charge in [0.1, 0.15) is 5.60 Å². The first-order chi connectivity index (χ1) is 18.6. The summed E-state index contributed by atoms with van der Waals surface area (Å²) in [7, 11) is -1.77. The number of aryl methyl sites for hydroxylation is 1. The van der Waals surface area contributed by atoms with E-state index in [0.29, 0.717) is 11.5 Å². The standard InChI is InChI=1S/C32H54O6S/c1-6-7-8-9-10-11-12-13-14-17-26(37-29-18-15-16-23-36-29)24-28(33)30(31(34)38-32(3,4)5)39(35)27-21-19-25(2)20-22-27/h19-22,26,28-30,33H,6-18,23-24H2,1-5H3/t26?,28?,29?,30?,39-/m1/s1. The number of hydrogen-bond donors (Lipinski definition) is 1. The average molecular weight is 567 g/mol. The maximum Gasteiger partial charge on any atom is 0.325 e. The fourth-order valence-corrected chi connectivity index (χ4v) is 6.23. The molecule has 0 amide bonds. The largest absolute Gasteiger partial charge is 0.459 e. The van der Waals surface area contributed by atoms with Crippen LogP contribution in [-0.2, 0) is 29.8 Å². The van der Waals surface area contributed by atoms with Crippen molar-refractivity contribution in [1.29, 1.82) is 0 Å². The molecule has 1 aromatic rings. The van der Waals surface area contributed by atoms with Crippen LogP contribution in [0, 0.1) is 6.92 Å². The van der Waals surface area contributed by atoms with Gasteiger partial charge in [0.25, 0.3) is 0 Å². The van der Waals surface area contributed by atoms with Crippen molar-refractivity contribution in [2.45, 2.75) is 159 Å². The van der Waals surface area contributed by atoms with Crippen molar-refractivity contribution in [3.63, 3.8) is 0 Å². The number of rotatable bonds is 18. The second-order valence-electron chi connectivity index (χ2n) is 12.0. The number of aliphatic hydroxyl groups is 1. The minimum Gasteiger partial charge on any atom is -0.459 e. The summed E-state index contributed by atoms with van der Waals surface area (Å²) in [6, 6.07) is 7.23. The van der Waals surface area contributed by atoms with Crippen molar-refractivity contribution >= 4 is 16.8 Å². The Hall–Kier alpha value is -1.28. The SMILES string of the molecule is CCCCCCCCCCCC(CC(O)C(C(=O)OC(C)(C)C)[S@](=O)c1ccc(C)cc1)OC1CCCCO1. The topological polar surface area (TPSA) is 82.1 Å². The number of esters is 1. The molecule has 0 spiro atoms. The Morgan fingerprint density at radius 3 is 2.21 bits per heavy atom. The molecule has 1 aliphatic rings. The van der Waals surface area contributed by atoms with Gasteiger partial charge in [-0.05, 0) is 65.5 Å². The number of carbonyl (C=O) groups excluding carboxylic acids is 1. The number of hydrogen-bond acceptors (Lipinski definition) is 6. The van der Waals surface area contributed by atoms with Crippen LogP contribution in [0.2, 0.25) is 0 Å². The Morgan fingerprint density at radius 1 is 1.03 bits per heavy atom. The molecule has 1 N–H and O–H groups in total. The number of benzene rings is 1. The van der Waals surface area contributed by atoms with Crippen LogP contribution in [-0.4, -0.2) is 51.2 Å². The monoisotopic (exact) mass is 566 g/mol. The minimum atomic E-state index is -1.77. The fourth-order valence-electron chi connectivity index (χ4n) is 4.92. The van der Waals surface area contributed by atoms with Gasteiger partial charge in [-0.15, -0.1) is 0 Å². The van der Waals surface area contributed by atoms with E-state index in [4.69, 9.17) is 14.2 Å². The van der Waals surface area contributed by atoms with Gasteiger partial charge in [-0.25, -0.2) is 0 Å². The van der Waals surface area contributed by atoms with E-state index in [1.165, 1.54) is 44.9 Å². The molecule has 0 bridgehead atoms. The Kier molecular flexibility index (Phi) is 15.8. The molecule has 1 fully saturated rings. The Labute approximate surface area is 240 Å². The molecule has 0 radical (unpaired) electrons. The molecule has 0 aromatic heterocycles. The highest BCUT2D eigenvalue weighted by Gasteiger charge is 2.38. The maximum atomic E-state index is 13.6. The molecule has 1 heterocycles. The molecule has 39 heavy (non-hydrogen) atoms. The highest BCUT2D eigenvalue weighted by atomic mass is 32.2. The van der Waals surface area contributed by atoms with Crippen LogP contribution >= 0.6 is 0 Å². The van der Waals surface area contributed by atoms with E-state index in [-0.39, 0.29) is 18.8 Å². The summed E-state index contributed by atoms with van der Waals surface area (Å²) in [6.07, 6.45) is 13.2. The van der Waals surface area contributed by atoms with Gasteiger partial charge in [-0.3, -0.25) is 9.00 Å². The second kappa shape index (κ2) is 18.2. The summed E-state index contributed by atoms with van der Waals surface area (Å²) in [5.41, 5.74) is 0.279. The van der Waals surface area contributed by atoms with Crippen LogP contribution in [0.15, 0.2) is 29.2 Å². The number of carbonyl (C=O) groups is 1. The molecule has 5 atom stereocenters. The number of aliphatic hydroxyl groups excluding tert-OH is 1. The minimum absolute atomic E-state index is 0.207. The lowest BCUT2D eigenvalue weighted by Crippen LogP contribution is -2.44. The van der Waals surface area contributed by atoms with Crippen LogP contribution in [0.3, 0.4) is 0 Å². The van der Waals surface area contributed by atoms with Gasteiger partial charge in [-0.2, -0.15) is 0 Å². The number of ether oxygens (including phenoxy) is 3. The van der Waals surface area contributed by atoms with E-state index < -0.39 is 33.7 Å². The third kappa shape index (κ3) is 13.8. The molecule has 0 saturated carbocycles. The molecular formula is C32H54O6S.